The molecule has 1 saturated heterocycles. The quantitative estimate of drug-likeness (QED) is 0.312. The van der Waals surface area contributed by atoms with Crippen molar-refractivity contribution < 1.29 is 14.7 Å². The molecular weight excluding hydrogens is 210 g/mol. The molecule has 1 heterocycles. The Morgan fingerprint density at radius 2 is 2.25 bits per heavy atom. The van der Waals surface area contributed by atoms with E-state index in [0.29, 0.717) is 0 Å². The van der Waals surface area contributed by atoms with Crippen molar-refractivity contribution in [2.45, 2.75) is 44.9 Å². The highest BCUT2D eigenvalue weighted by Crippen LogP contribution is 2.21. The molecule has 1 amide bonds. The Labute approximate surface area is 95.0 Å². The van der Waals surface area contributed by atoms with E-state index in [9.17, 15) is 4.79 Å². The van der Waals surface area contributed by atoms with E-state index in [1.165, 1.54) is 4.90 Å². The number of amidine groups is 1. The highest BCUT2D eigenvalue weighted by atomic mass is 16.5. The van der Waals surface area contributed by atoms with Gasteiger partial charge in [-0.1, -0.05) is 5.16 Å². The summed E-state index contributed by atoms with van der Waals surface area (Å²) in [5, 5.41) is 11.4. The maximum absolute atomic E-state index is 12.0. The second-order valence-corrected chi connectivity index (χ2v) is 4.16. The number of carbonyl (C=O) groups excluding carboxylic acids is 1. The fourth-order valence-electron chi connectivity index (χ4n) is 1.68. The molecule has 0 saturated carbocycles. The first-order chi connectivity index (χ1) is 7.47. The maximum atomic E-state index is 12.0. The summed E-state index contributed by atoms with van der Waals surface area (Å²) in [6, 6.07) is -0.433. The molecule has 16 heavy (non-hydrogen) atoms. The Bertz CT molecular complexity index is 293. The van der Waals surface area contributed by atoms with Crippen LogP contribution in [-0.4, -0.2) is 47.1 Å². The first-order valence-corrected chi connectivity index (χ1v) is 5.37. The molecule has 0 aromatic heterocycles. The lowest BCUT2D eigenvalue weighted by molar-refractivity contribution is -0.142. The summed E-state index contributed by atoms with van der Waals surface area (Å²) < 4.78 is 5.47. The van der Waals surface area contributed by atoms with Gasteiger partial charge >= 0.3 is 0 Å². The third-order valence-corrected chi connectivity index (χ3v) is 2.98. The van der Waals surface area contributed by atoms with Crippen LogP contribution in [0.5, 0.6) is 0 Å². The van der Waals surface area contributed by atoms with Crippen LogP contribution in [0.3, 0.4) is 0 Å². The zero-order valence-corrected chi connectivity index (χ0v) is 9.88. The van der Waals surface area contributed by atoms with Gasteiger partial charge in [-0.05, 0) is 26.7 Å². The standard InChI is InChI=1S/C10H19N3O3/c1-6-4-5-8(16-6)10(14)13(3)7(2)9(11)12-15/h6-8,15H,4-5H2,1-3H3,(H2,11,12). The third kappa shape index (κ3) is 2.63. The van der Waals surface area contributed by atoms with E-state index in [0.717, 1.165) is 12.8 Å². The number of hydrogen-bond donors (Lipinski definition) is 2. The van der Waals surface area contributed by atoms with Gasteiger partial charge in [0.1, 0.15) is 6.10 Å². The fraction of sp³-hybridized carbons (Fsp3) is 0.800. The van der Waals surface area contributed by atoms with Gasteiger partial charge in [0.2, 0.25) is 0 Å². The lowest BCUT2D eigenvalue weighted by Crippen LogP contribution is -2.47. The Kier molecular flexibility index (Phi) is 4.12. The van der Waals surface area contributed by atoms with Crippen LogP contribution in [0.25, 0.3) is 0 Å². The molecule has 1 rings (SSSR count). The lowest BCUT2D eigenvalue weighted by atomic mass is 10.1. The Morgan fingerprint density at radius 3 is 2.69 bits per heavy atom. The minimum atomic E-state index is -0.433. The van der Waals surface area contributed by atoms with Gasteiger partial charge in [0.25, 0.3) is 5.91 Å². The molecule has 3 atom stereocenters. The Balaban J connectivity index is 2.60. The van der Waals surface area contributed by atoms with Crippen LogP contribution in [0.2, 0.25) is 0 Å². The van der Waals surface area contributed by atoms with Crippen LogP contribution < -0.4 is 5.73 Å². The molecular formula is C10H19N3O3. The van der Waals surface area contributed by atoms with Crippen molar-refractivity contribution in [3.63, 3.8) is 0 Å². The Morgan fingerprint density at radius 1 is 1.62 bits per heavy atom. The second kappa shape index (κ2) is 5.16. The van der Waals surface area contributed by atoms with Gasteiger partial charge in [-0.3, -0.25) is 4.79 Å². The highest BCUT2D eigenvalue weighted by molar-refractivity contribution is 5.90. The van der Waals surface area contributed by atoms with E-state index in [1.54, 1.807) is 14.0 Å². The molecule has 92 valence electrons. The van der Waals surface area contributed by atoms with Crippen LogP contribution in [0.15, 0.2) is 5.16 Å². The van der Waals surface area contributed by atoms with Gasteiger partial charge < -0.3 is 20.6 Å². The second-order valence-electron chi connectivity index (χ2n) is 4.16. The number of likely N-dealkylation sites (N-methyl/N-ethyl adjacent to an activating group) is 1. The first-order valence-electron chi connectivity index (χ1n) is 5.37. The molecule has 0 aromatic carbocycles. The zero-order chi connectivity index (χ0) is 12.3. The summed E-state index contributed by atoms with van der Waals surface area (Å²) in [5.41, 5.74) is 5.45. The normalized spacial score (nSPS) is 27.8. The number of rotatable bonds is 3. The van der Waals surface area contributed by atoms with Crippen LogP contribution in [0, 0.1) is 0 Å². The van der Waals surface area contributed by atoms with Gasteiger partial charge in [-0.2, -0.15) is 0 Å². The van der Waals surface area contributed by atoms with Crippen molar-refractivity contribution in [3.8, 4) is 0 Å². The molecule has 0 aromatic rings. The van der Waals surface area contributed by atoms with Gasteiger partial charge in [0, 0.05) is 7.05 Å². The number of ether oxygens (including phenoxy) is 1. The average molecular weight is 229 g/mol. The number of oxime groups is 1. The van der Waals surface area contributed by atoms with E-state index in [4.69, 9.17) is 15.7 Å². The smallest absolute Gasteiger partial charge is 0.252 e. The lowest BCUT2D eigenvalue weighted by Gasteiger charge is -2.26. The summed E-state index contributed by atoms with van der Waals surface area (Å²) in [5.74, 6) is -0.106. The summed E-state index contributed by atoms with van der Waals surface area (Å²) in [7, 11) is 1.62. The molecule has 6 heteroatoms. The maximum Gasteiger partial charge on any atom is 0.252 e. The monoisotopic (exact) mass is 229 g/mol. The van der Waals surface area contributed by atoms with E-state index < -0.39 is 12.1 Å². The third-order valence-electron chi connectivity index (χ3n) is 2.98. The van der Waals surface area contributed by atoms with E-state index in [2.05, 4.69) is 5.16 Å². The summed E-state index contributed by atoms with van der Waals surface area (Å²) in [6.45, 7) is 3.64. The van der Waals surface area contributed by atoms with E-state index in [1.807, 2.05) is 6.92 Å². The largest absolute Gasteiger partial charge is 0.409 e. The minimum Gasteiger partial charge on any atom is -0.409 e. The topological polar surface area (TPSA) is 88.2 Å². The minimum absolute atomic E-state index is 0.0156. The molecule has 0 bridgehead atoms. The molecule has 6 nitrogen and oxygen atoms in total. The van der Waals surface area contributed by atoms with E-state index >= 15 is 0 Å². The van der Waals surface area contributed by atoms with Gasteiger partial charge in [-0.15, -0.1) is 0 Å². The molecule has 0 aliphatic carbocycles. The number of amides is 1. The summed E-state index contributed by atoms with van der Waals surface area (Å²) in [6.07, 6.45) is 1.35. The first kappa shape index (κ1) is 12.8. The summed E-state index contributed by atoms with van der Waals surface area (Å²) in [4.78, 5) is 13.4. The zero-order valence-electron chi connectivity index (χ0n) is 9.88. The van der Waals surface area contributed by atoms with Crippen molar-refractivity contribution >= 4 is 11.7 Å². The van der Waals surface area contributed by atoms with Crippen LogP contribution in [-0.2, 0) is 9.53 Å². The highest BCUT2D eigenvalue weighted by Gasteiger charge is 2.32. The van der Waals surface area contributed by atoms with Crippen molar-refractivity contribution in [2.75, 3.05) is 7.05 Å². The fourth-order valence-corrected chi connectivity index (χ4v) is 1.68. The molecule has 1 aliphatic rings. The molecule has 1 aliphatic heterocycles. The van der Waals surface area contributed by atoms with Crippen LogP contribution in [0.1, 0.15) is 26.7 Å². The predicted molar refractivity (Wildman–Crippen MR) is 59.2 cm³/mol. The van der Waals surface area contributed by atoms with E-state index in [-0.39, 0.29) is 17.8 Å². The molecule has 3 unspecified atom stereocenters. The summed E-state index contributed by atoms with van der Waals surface area (Å²) >= 11 is 0. The average Bonchev–Trinajstić information content (AvgIpc) is 2.71. The number of nitrogens with two attached hydrogens (primary N) is 1. The van der Waals surface area contributed by atoms with Crippen LogP contribution in [0.4, 0.5) is 0 Å². The van der Waals surface area contributed by atoms with Gasteiger partial charge in [0.15, 0.2) is 5.84 Å². The number of hydrogen-bond acceptors (Lipinski definition) is 4. The molecule has 0 spiro atoms. The SMILES string of the molecule is CC1CCC(C(=O)N(C)C(C)C(N)=NO)O1. The molecule has 3 N–H and O–H groups in total. The number of nitrogens with zero attached hydrogens (tertiary/aromatic N) is 2. The Hall–Kier alpha value is -1.30. The molecule has 0 radical (unpaired) electrons. The van der Waals surface area contributed by atoms with Crippen molar-refractivity contribution in [1.29, 1.82) is 0 Å². The van der Waals surface area contributed by atoms with Crippen molar-refractivity contribution in [1.82, 2.24) is 4.90 Å². The number of carbonyl (C=O) groups is 1. The van der Waals surface area contributed by atoms with Gasteiger partial charge in [-0.25, -0.2) is 0 Å². The molecule has 1 fully saturated rings. The van der Waals surface area contributed by atoms with Gasteiger partial charge in [0.05, 0.1) is 12.1 Å². The van der Waals surface area contributed by atoms with Crippen LogP contribution >= 0.6 is 0 Å². The van der Waals surface area contributed by atoms with Crippen molar-refractivity contribution in [2.24, 2.45) is 10.9 Å². The predicted octanol–water partition coefficient (Wildman–Crippen LogP) is 0.147. The van der Waals surface area contributed by atoms with Crippen molar-refractivity contribution in [3.05, 3.63) is 0 Å².